The third-order valence-electron chi connectivity index (χ3n) is 13.1. The van der Waals surface area contributed by atoms with Gasteiger partial charge in [-0.2, -0.15) is 9.97 Å². The molecule has 0 fully saturated rings. The lowest BCUT2D eigenvalue weighted by atomic mass is 10.0. The molecule has 6 nitrogen and oxygen atoms in total. The normalized spacial score (nSPS) is 12.0. The number of para-hydroxylation sites is 3. The van der Waals surface area contributed by atoms with Gasteiger partial charge in [0, 0.05) is 54.9 Å². The van der Waals surface area contributed by atoms with E-state index in [1.54, 1.807) is 0 Å². The molecule has 0 spiro atoms. The van der Waals surface area contributed by atoms with Crippen LogP contribution < -0.4 is 0 Å². The SMILES string of the molecule is c1ccc(-c2cccc(-c3nc(-c4cc(-n5c6ccccc6c6cc7ccccc7cc65)cc5oc6c7ccccc7ccc6c45)nc(-n4c5ccccc5c5ccccc54)n3)c2)cc1. The van der Waals surface area contributed by atoms with E-state index in [2.05, 4.69) is 215 Å². The molecule has 0 atom stereocenters. The Morgan fingerprint density at radius 3 is 1.68 bits per heavy atom. The monoisotopic (exact) mass is 829 g/mol. The Balaban J connectivity index is 1.12. The lowest BCUT2D eigenvalue weighted by Gasteiger charge is -2.14. The molecular formula is C59H35N5O. The maximum absolute atomic E-state index is 7.07. The molecule has 10 aromatic carbocycles. The maximum Gasteiger partial charge on any atom is 0.238 e. The summed E-state index contributed by atoms with van der Waals surface area (Å²) in [6, 6.07) is 75.0. The Morgan fingerprint density at radius 1 is 0.338 bits per heavy atom. The third-order valence-corrected chi connectivity index (χ3v) is 13.1. The van der Waals surface area contributed by atoms with Crippen LogP contribution in [0.5, 0.6) is 0 Å². The van der Waals surface area contributed by atoms with Crippen LogP contribution >= 0.6 is 0 Å². The highest BCUT2D eigenvalue weighted by Crippen LogP contribution is 2.43. The van der Waals surface area contributed by atoms with Crippen molar-refractivity contribution in [1.82, 2.24) is 24.1 Å². The molecule has 0 saturated heterocycles. The molecular weight excluding hydrogens is 795 g/mol. The van der Waals surface area contributed by atoms with Crippen molar-refractivity contribution in [3.8, 4) is 45.5 Å². The van der Waals surface area contributed by atoms with E-state index in [-0.39, 0.29) is 0 Å². The van der Waals surface area contributed by atoms with Crippen LogP contribution in [0.15, 0.2) is 217 Å². The summed E-state index contributed by atoms with van der Waals surface area (Å²) in [7, 11) is 0. The molecule has 0 radical (unpaired) electrons. The molecule has 14 rings (SSSR count). The summed E-state index contributed by atoms with van der Waals surface area (Å²) in [6.45, 7) is 0. The molecule has 65 heavy (non-hydrogen) atoms. The molecule has 0 aliphatic carbocycles. The Morgan fingerprint density at radius 2 is 0.923 bits per heavy atom. The summed E-state index contributed by atoms with van der Waals surface area (Å²) in [4.78, 5) is 16.4. The van der Waals surface area contributed by atoms with Crippen LogP contribution in [0.25, 0.3) is 133 Å². The number of fused-ring (bicyclic) bond motifs is 12. The average Bonchev–Trinajstić information content (AvgIpc) is 4.03. The van der Waals surface area contributed by atoms with Crippen molar-refractivity contribution in [2.24, 2.45) is 0 Å². The first-order valence-electron chi connectivity index (χ1n) is 21.9. The van der Waals surface area contributed by atoms with Crippen LogP contribution in [0.2, 0.25) is 0 Å². The van der Waals surface area contributed by atoms with Gasteiger partial charge < -0.3 is 8.98 Å². The van der Waals surface area contributed by atoms with Crippen molar-refractivity contribution in [3.05, 3.63) is 212 Å². The highest BCUT2D eigenvalue weighted by molar-refractivity contribution is 6.20. The van der Waals surface area contributed by atoms with Crippen molar-refractivity contribution in [2.75, 3.05) is 0 Å². The third kappa shape index (κ3) is 5.44. The van der Waals surface area contributed by atoms with Crippen molar-refractivity contribution in [3.63, 3.8) is 0 Å². The van der Waals surface area contributed by atoms with Gasteiger partial charge in [0.2, 0.25) is 5.95 Å². The maximum atomic E-state index is 7.07. The van der Waals surface area contributed by atoms with Crippen LogP contribution in [0, 0.1) is 0 Å². The predicted octanol–water partition coefficient (Wildman–Crippen LogP) is 15.3. The molecule has 6 heteroatoms. The van der Waals surface area contributed by atoms with Gasteiger partial charge in [0.05, 0.1) is 27.8 Å². The largest absolute Gasteiger partial charge is 0.455 e. The molecule has 0 unspecified atom stereocenters. The first-order chi connectivity index (χ1) is 32.2. The fourth-order valence-corrected chi connectivity index (χ4v) is 10.2. The second kappa shape index (κ2) is 13.8. The molecule has 0 aliphatic heterocycles. The van der Waals surface area contributed by atoms with E-state index in [0.29, 0.717) is 17.6 Å². The molecule has 0 bridgehead atoms. The van der Waals surface area contributed by atoms with E-state index in [0.717, 1.165) is 93.5 Å². The van der Waals surface area contributed by atoms with Gasteiger partial charge in [-0.3, -0.25) is 4.57 Å². The zero-order valence-electron chi connectivity index (χ0n) is 34.9. The van der Waals surface area contributed by atoms with Gasteiger partial charge in [-0.15, -0.1) is 0 Å². The number of nitrogens with zero attached hydrogens (tertiary/aromatic N) is 5. The topological polar surface area (TPSA) is 61.7 Å². The van der Waals surface area contributed by atoms with Crippen LogP contribution in [0.1, 0.15) is 0 Å². The minimum absolute atomic E-state index is 0.535. The standard InChI is InChI=1S/C59H35N5O/c1-2-15-36(16-3-1)38-20-14-21-41(31-38)57-60-58(62-59(61-57)64-51-27-12-8-23-44(51)45-24-9-13-28-52(45)64)49-34-42(35-54-55(49)47-30-29-37-17-6-7-22-43(37)56(47)65-54)63-50-26-11-10-25-46(50)48-32-39-18-4-5-19-40(39)33-53(48)63/h1-35H. The van der Waals surface area contributed by atoms with Crippen molar-refractivity contribution < 1.29 is 4.42 Å². The second-order valence-corrected chi connectivity index (χ2v) is 16.8. The first kappa shape index (κ1) is 35.7. The van der Waals surface area contributed by atoms with Crippen LogP contribution in [-0.2, 0) is 0 Å². The fourth-order valence-electron chi connectivity index (χ4n) is 10.2. The number of aromatic nitrogens is 5. The Bertz CT molecular complexity index is 4200. The Labute approximate surface area is 371 Å². The van der Waals surface area contributed by atoms with Gasteiger partial charge in [0.15, 0.2) is 11.6 Å². The van der Waals surface area contributed by atoms with E-state index < -0.39 is 0 Å². The molecule has 4 aromatic heterocycles. The minimum atomic E-state index is 0.535. The van der Waals surface area contributed by atoms with Gasteiger partial charge in [-0.05, 0) is 75.8 Å². The average molecular weight is 830 g/mol. The van der Waals surface area contributed by atoms with Crippen LogP contribution in [-0.4, -0.2) is 24.1 Å². The lowest BCUT2D eigenvalue weighted by Crippen LogP contribution is -2.07. The van der Waals surface area contributed by atoms with E-state index in [1.807, 2.05) is 6.07 Å². The highest BCUT2D eigenvalue weighted by atomic mass is 16.3. The number of hydrogen-bond donors (Lipinski definition) is 0. The number of hydrogen-bond acceptors (Lipinski definition) is 4. The molecule has 302 valence electrons. The summed E-state index contributed by atoms with van der Waals surface area (Å²) < 4.78 is 11.6. The molecule has 4 heterocycles. The summed E-state index contributed by atoms with van der Waals surface area (Å²) in [5.74, 6) is 1.66. The summed E-state index contributed by atoms with van der Waals surface area (Å²) >= 11 is 0. The summed E-state index contributed by atoms with van der Waals surface area (Å²) in [6.07, 6.45) is 0. The molecule has 0 amide bonds. The fraction of sp³-hybridized carbons (Fsp3) is 0. The van der Waals surface area contributed by atoms with Gasteiger partial charge in [-0.25, -0.2) is 4.98 Å². The number of rotatable bonds is 5. The van der Waals surface area contributed by atoms with E-state index in [1.165, 1.54) is 21.5 Å². The van der Waals surface area contributed by atoms with Crippen molar-refractivity contribution >= 4 is 87.1 Å². The zero-order chi connectivity index (χ0) is 42.6. The molecule has 0 aliphatic rings. The van der Waals surface area contributed by atoms with Crippen LogP contribution in [0.4, 0.5) is 0 Å². The second-order valence-electron chi connectivity index (χ2n) is 16.8. The smallest absolute Gasteiger partial charge is 0.238 e. The van der Waals surface area contributed by atoms with Gasteiger partial charge in [0.25, 0.3) is 0 Å². The molecule has 14 aromatic rings. The number of furan rings is 1. The van der Waals surface area contributed by atoms with Gasteiger partial charge >= 0.3 is 0 Å². The Hall–Kier alpha value is -8.87. The van der Waals surface area contributed by atoms with Crippen molar-refractivity contribution in [1.29, 1.82) is 0 Å². The zero-order valence-corrected chi connectivity index (χ0v) is 34.9. The Kier molecular flexibility index (Phi) is 7.59. The van der Waals surface area contributed by atoms with Crippen LogP contribution in [0.3, 0.4) is 0 Å². The molecule has 0 N–H and O–H groups in total. The van der Waals surface area contributed by atoms with Crippen molar-refractivity contribution in [2.45, 2.75) is 0 Å². The quantitative estimate of drug-likeness (QED) is 0.173. The predicted molar refractivity (Wildman–Crippen MR) is 267 cm³/mol. The van der Waals surface area contributed by atoms with E-state index in [4.69, 9.17) is 19.4 Å². The summed E-state index contributed by atoms with van der Waals surface area (Å²) in [5, 5.41) is 11.1. The number of benzene rings is 10. The summed E-state index contributed by atoms with van der Waals surface area (Å²) in [5.41, 5.74) is 10.7. The van der Waals surface area contributed by atoms with E-state index in [9.17, 15) is 0 Å². The highest BCUT2D eigenvalue weighted by Gasteiger charge is 2.24. The first-order valence-corrected chi connectivity index (χ1v) is 21.9. The lowest BCUT2D eigenvalue weighted by molar-refractivity contribution is 0.672. The molecule has 0 saturated carbocycles. The van der Waals surface area contributed by atoms with E-state index >= 15 is 0 Å². The minimum Gasteiger partial charge on any atom is -0.455 e. The van der Waals surface area contributed by atoms with Gasteiger partial charge in [-0.1, -0.05) is 158 Å². The van der Waals surface area contributed by atoms with Gasteiger partial charge in [0.1, 0.15) is 11.2 Å².